The molecule has 1 aromatic heterocycles. The van der Waals surface area contributed by atoms with E-state index in [9.17, 15) is 9.59 Å². The van der Waals surface area contributed by atoms with Crippen molar-refractivity contribution in [3.63, 3.8) is 0 Å². The van der Waals surface area contributed by atoms with Crippen LogP contribution >= 0.6 is 0 Å². The summed E-state index contributed by atoms with van der Waals surface area (Å²) in [5.41, 5.74) is 2.67. The van der Waals surface area contributed by atoms with Crippen LogP contribution in [0.4, 0.5) is 10.5 Å². The lowest BCUT2D eigenvalue weighted by molar-refractivity contribution is -0.128. The Morgan fingerprint density at radius 1 is 1.19 bits per heavy atom. The van der Waals surface area contributed by atoms with Gasteiger partial charge in [0.25, 0.3) is 0 Å². The summed E-state index contributed by atoms with van der Waals surface area (Å²) < 4.78 is 0. The third kappa shape index (κ3) is 3.14. The molecule has 26 heavy (non-hydrogen) atoms. The van der Waals surface area contributed by atoms with Crippen LogP contribution in [0, 0.1) is 5.41 Å². The van der Waals surface area contributed by atoms with Crippen LogP contribution in [0.5, 0.6) is 0 Å². The summed E-state index contributed by atoms with van der Waals surface area (Å²) in [5.74, 6) is 0.0895. The Bertz CT molecular complexity index is 814. The number of hydrogen-bond acceptors (Lipinski definition) is 3. The highest BCUT2D eigenvalue weighted by Gasteiger charge is 2.44. The van der Waals surface area contributed by atoms with Crippen molar-refractivity contribution < 1.29 is 9.59 Å². The zero-order valence-electron chi connectivity index (χ0n) is 14.6. The van der Waals surface area contributed by atoms with Gasteiger partial charge in [0.05, 0.1) is 5.41 Å². The van der Waals surface area contributed by atoms with E-state index in [1.807, 2.05) is 30.3 Å². The number of nitrogens with one attached hydrogen (secondary N) is 2. The van der Waals surface area contributed by atoms with Gasteiger partial charge >= 0.3 is 6.03 Å². The fraction of sp³-hybridized carbons (Fsp3) is 0.350. The molecule has 0 aliphatic carbocycles. The highest BCUT2D eigenvalue weighted by molar-refractivity contribution is 5.98. The molecule has 6 heteroatoms. The zero-order chi connectivity index (χ0) is 18.0. The Hall–Kier alpha value is -2.89. The lowest BCUT2D eigenvalue weighted by atomic mass is 9.71. The van der Waals surface area contributed by atoms with E-state index in [2.05, 4.69) is 21.7 Å². The largest absolute Gasteiger partial charge is 0.334 e. The second-order valence-electron chi connectivity index (χ2n) is 7.08. The molecular weight excluding hydrogens is 328 g/mol. The minimum absolute atomic E-state index is 0.0830. The van der Waals surface area contributed by atoms with Crippen LogP contribution in [0.2, 0.25) is 0 Å². The molecule has 4 rings (SSSR count). The Morgan fingerprint density at radius 2 is 2.00 bits per heavy atom. The minimum Gasteiger partial charge on any atom is -0.334 e. The number of para-hydroxylation sites is 1. The Balaban J connectivity index is 1.36. The second kappa shape index (κ2) is 6.78. The first-order valence-corrected chi connectivity index (χ1v) is 8.97. The normalized spacial score (nSPS) is 18.2. The highest BCUT2D eigenvalue weighted by atomic mass is 16.2. The summed E-state index contributed by atoms with van der Waals surface area (Å²) in [7, 11) is 0. The van der Waals surface area contributed by atoms with E-state index in [0.29, 0.717) is 32.5 Å². The Morgan fingerprint density at radius 3 is 2.77 bits per heavy atom. The third-order valence-corrected chi connectivity index (χ3v) is 5.45. The lowest BCUT2D eigenvalue weighted by Gasteiger charge is -2.43. The predicted molar refractivity (Wildman–Crippen MR) is 98.5 cm³/mol. The average molecular weight is 350 g/mol. The number of carbonyl (C=O) groups excluding carboxylic acids is 2. The van der Waals surface area contributed by atoms with Crippen LogP contribution in [0.15, 0.2) is 48.8 Å². The van der Waals surface area contributed by atoms with Gasteiger partial charge in [-0.15, -0.1) is 0 Å². The second-order valence-corrected chi connectivity index (χ2v) is 7.08. The number of hydrogen-bond donors (Lipinski definition) is 2. The third-order valence-electron chi connectivity index (χ3n) is 5.45. The number of carbonyl (C=O) groups is 2. The molecule has 1 aromatic carbocycles. The van der Waals surface area contributed by atoms with Crippen molar-refractivity contribution in [2.24, 2.45) is 5.41 Å². The average Bonchev–Trinajstić information content (AvgIpc) is 2.68. The summed E-state index contributed by atoms with van der Waals surface area (Å²) >= 11 is 0. The van der Waals surface area contributed by atoms with E-state index in [4.69, 9.17) is 0 Å². The summed E-state index contributed by atoms with van der Waals surface area (Å²) in [5, 5.41) is 5.98. The van der Waals surface area contributed by atoms with Gasteiger partial charge in [0.15, 0.2) is 0 Å². The number of amides is 3. The minimum atomic E-state index is -0.394. The lowest BCUT2D eigenvalue weighted by Crippen LogP contribution is -2.52. The number of rotatable bonds is 2. The quantitative estimate of drug-likeness (QED) is 0.874. The van der Waals surface area contributed by atoms with E-state index < -0.39 is 5.41 Å². The van der Waals surface area contributed by atoms with Crippen molar-refractivity contribution >= 4 is 17.6 Å². The van der Waals surface area contributed by atoms with Crippen molar-refractivity contribution in [2.45, 2.75) is 25.8 Å². The standard InChI is InChI=1S/C20H22N4O2/c25-18-20(12-16-5-1-2-6-17(16)23-18)7-10-24(11-8-20)19(26)22-14-15-4-3-9-21-13-15/h1-6,9,13H,7-8,10-12,14H2,(H,22,26)(H,23,25). The fourth-order valence-electron chi connectivity index (χ4n) is 3.83. The molecule has 0 saturated carbocycles. The fourth-order valence-corrected chi connectivity index (χ4v) is 3.83. The Labute approximate surface area is 152 Å². The molecule has 2 aliphatic rings. The number of fused-ring (bicyclic) bond motifs is 1. The van der Waals surface area contributed by atoms with Gasteiger partial charge in [-0.05, 0) is 42.5 Å². The first-order valence-electron chi connectivity index (χ1n) is 8.97. The Kier molecular flexibility index (Phi) is 4.32. The maximum absolute atomic E-state index is 12.7. The van der Waals surface area contributed by atoms with E-state index in [1.54, 1.807) is 17.3 Å². The van der Waals surface area contributed by atoms with Gasteiger partial charge in [-0.2, -0.15) is 0 Å². The van der Waals surface area contributed by atoms with Gasteiger partial charge < -0.3 is 15.5 Å². The molecule has 1 fully saturated rings. The molecule has 0 radical (unpaired) electrons. The maximum Gasteiger partial charge on any atom is 0.317 e. The SMILES string of the molecule is O=C(NCc1cccnc1)N1CCC2(CC1)Cc1ccccc1NC2=O. The van der Waals surface area contributed by atoms with Crippen LogP contribution in [-0.4, -0.2) is 34.9 Å². The monoisotopic (exact) mass is 350 g/mol. The summed E-state index contributed by atoms with van der Waals surface area (Å²) in [4.78, 5) is 31.0. The smallest absolute Gasteiger partial charge is 0.317 e. The number of likely N-dealkylation sites (tertiary alicyclic amines) is 1. The molecule has 0 bridgehead atoms. The van der Waals surface area contributed by atoms with Gasteiger partial charge in [0.1, 0.15) is 0 Å². The number of piperidine rings is 1. The van der Waals surface area contributed by atoms with Gasteiger partial charge in [-0.1, -0.05) is 24.3 Å². The van der Waals surface area contributed by atoms with Crippen LogP contribution in [0.25, 0.3) is 0 Å². The van der Waals surface area contributed by atoms with Crippen LogP contribution in [0.3, 0.4) is 0 Å². The van der Waals surface area contributed by atoms with Crippen molar-refractivity contribution in [3.8, 4) is 0 Å². The first-order chi connectivity index (χ1) is 12.7. The molecular formula is C20H22N4O2. The van der Waals surface area contributed by atoms with Crippen LogP contribution < -0.4 is 10.6 Å². The number of aromatic nitrogens is 1. The van der Waals surface area contributed by atoms with Gasteiger partial charge in [0, 0.05) is 37.7 Å². The van der Waals surface area contributed by atoms with Gasteiger partial charge in [-0.3, -0.25) is 9.78 Å². The van der Waals surface area contributed by atoms with Crippen LogP contribution in [-0.2, 0) is 17.8 Å². The van der Waals surface area contributed by atoms with Crippen molar-refractivity contribution in [1.29, 1.82) is 0 Å². The van der Waals surface area contributed by atoms with Crippen molar-refractivity contribution in [1.82, 2.24) is 15.2 Å². The van der Waals surface area contributed by atoms with Crippen molar-refractivity contribution in [2.75, 3.05) is 18.4 Å². The van der Waals surface area contributed by atoms with E-state index >= 15 is 0 Å². The maximum atomic E-state index is 12.7. The molecule has 2 N–H and O–H groups in total. The highest BCUT2D eigenvalue weighted by Crippen LogP contribution is 2.41. The van der Waals surface area contributed by atoms with Crippen molar-refractivity contribution in [3.05, 3.63) is 59.9 Å². The molecule has 0 unspecified atom stereocenters. The molecule has 2 aromatic rings. The molecule has 0 atom stereocenters. The number of pyridine rings is 1. The molecule has 3 heterocycles. The number of nitrogens with zero attached hydrogens (tertiary/aromatic N) is 2. The topological polar surface area (TPSA) is 74.3 Å². The molecule has 3 amide bonds. The first kappa shape index (κ1) is 16.6. The van der Waals surface area contributed by atoms with Gasteiger partial charge in [-0.25, -0.2) is 4.79 Å². The van der Waals surface area contributed by atoms with E-state index in [0.717, 1.165) is 17.7 Å². The summed E-state index contributed by atoms with van der Waals surface area (Å²) in [6.45, 7) is 1.64. The predicted octanol–water partition coefficient (Wildman–Crippen LogP) is 2.57. The van der Waals surface area contributed by atoms with E-state index in [-0.39, 0.29) is 11.9 Å². The molecule has 1 spiro atoms. The number of benzene rings is 1. The molecule has 1 saturated heterocycles. The zero-order valence-corrected chi connectivity index (χ0v) is 14.6. The van der Waals surface area contributed by atoms with Gasteiger partial charge in [0.2, 0.25) is 5.91 Å². The molecule has 134 valence electrons. The van der Waals surface area contributed by atoms with Crippen LogP contribution in [0.1, 0.15) is 24.0 Å². The molecule has 6 nitrogen and oxygen atoms in total. The summed E-state index contributed by atoms with van der Waals surface area (Å²) in [6, 6.07) is 11.7. The van der Waals surface area contributed by atoms with E-state index in [1.165, 1.54) is 5.56 Å². The summed E-state index contributed by atoms with van der Waals surface area (Å²) in [6.07, 6.45) is 5.58. The number of anilines is 1. The molecule has 2 aliphatic heterocycles. The number of urea groups is 1.